The minimum absolute atomic E-state index is 0.266. The van der Waals surface area contributed by atoms with Gasteiger partial charge in [-0.2, -0.15) is 0 Å². The highest BCUT2D eigenvalue weighted by atomic mass is 32.1. The lowest BCUT2D eigenvalue weighted by Gasteiger charge is -2.05. The summed E-state index contributed by atoms with van der Waals surface area (Å²) in [5, 5.41) is 2.80. The number of hydrogen-bond donors (Lipinski definition) is 3. The summed E-state index contributed by atoms with van der Waals surface area (Å²) in [5.41, 5.74) is 6.85. The average molecular weight is 285 g/mol. The number of benzene rings is 1. The lowest BCUT2D eigenvalue weighted by molar-refractivity contribution is 0.102. The number of rotatable bonds is 3. The Bertz CT molecular complexity index is 753. The lowest BCUT2D eigenvalue weighted by atomic mass is 10.2. The lowest BCUT2D eigenvalue weighted by Crippen LogP contribution is -2.14. The van der Waals surface area contributed by atoms with Crippen LogP contribution in [0.3, 0.4) is 0 Å². The molecule has 1 aromatic carbocycles. The molecule has 2 aromatic heterocycles. The van der Waals surface area contributed by atoms with Gasteiger partial charge in [0.05, 0.1) is 27.6 Å². The SMILES string of the molecule is NNc1ccc(C(=O)Nc2ccc3ncsc3c2)nc1. The van der Waals surface area contributed by atoms with Gasteiger partial charge in [0, 0.05) is 5.69 Å². The van der Waals surface area contributed by atoms with Crippen LogP contribution in [0.25, 0.3) is 10.2 Å². The summed E-state index contributed by atoms with van der Waals surface area (Å²) in [6.07, 6.45) is 1.50. The predicted octanol–water partition coefficient (Wildman–Crippen LogP) is 2.23. The first kappa shape index (κ1) is 12.5. The number of aromatic nitrogens is 2. The molecule has 1 amide bonds. The first-order valence-electron chi connectivity index (χ1n) is 5.83. The summed E-state index contributed by atoms with van der Waals surface area (Å²) < 4.78 is 1.03. The van der Waals surface area contributed by atoms with Crippen LogP contribution in [-0.4, -0.2) is 15.9 Å². The molecule has 0 saturated carbocycles. The number of carbonyl (C=O) groups excluding carboxylic acids is 1. The van der Waals surface area contributed by atoms with Crippen LogP contribution in [0.4, 0.5) is 11.4 Å². The number of nitrogens with zero attached hydrogens (tertiary/aromatic N) is 2. The molecule has 0 atom stereocenters. The summed E-state index contributed by atoms with van der Waals surface area (Å²) >= 11 is 1.53. The molecule has 0 saturated heterocycles. The van der Waals surface area contributed by atoms with Crippen LogP contribution in [0.5, 0.6) is 0 Å². The smallest absolute Gasteiger partial charge is 0.274 e. The number of amides is 1. The van der Waals surface area contributed by atoms with Gasteiger partial charge in [0.15, 0.2) is 0 Å². The van der Waals surface area contributed by atoms with E-state index in [9.17, 15) is 4.79 Å². The van der Waals surface area contributed by atoms with Crippen LogP contribution in [0, 0.1) is 0 Å². The summed E-state index contributed by atoms with van der Waals surface area (Å²) in [5.74, 6) is 4.98. The fourth-order valence-electron chi connectivity index (χ4n) is 1.74. The number of carbonyl (C=O) groups is 1. The van der Waals surface area contributed by atoms with Gasteiger partial charge in [-0.05, 0) is 30.3 Å². The normalized spacial score (nSPS) is 10.4. The molecule has 6 nitrogen and oxygen atoms in total. The van der Waals surface area contributed by atoms with E-state index in [1.54, 1.807) is 17.6 Å². The van der Waals surface area contributed by atoms with Crippen molar-refractivity contribution in [3.63, 3.8) is 0 Å². The minimum atomic E-state index is -0.266. The fraction of sp³-hybridized carbons (Fsp3) is 0. The van der Waals surface area contributed by atoms with Gasteiger partial charge >= 0.3 is 0 Å². The Morgan fingerprint density at radius 3 is 2.75 bits per heavy atom. The maximum Gasteiger partial charge on any atom is 0.274 e. The Hall–Kier alpha value is -2.51. The molecule has 0 aliphatic rings. The second-order valence-corrected chi connectivity index (χ2v) is 4.95. The Labute approximate surface area is 118 Å². The van der Waals surface area contributed by atoms with Gasteiger partial charge in [0.1, 0.15) is 5.69 Å². The van der Waals surface area contributed by atoms with E-state index in [1.807, 2.05) is 18.2 Å². The first-order chi connectivity index (χ1) is 9.76. The van der Waals surface area contributed by atoms with Crippen molar-refractivity contribution in [3.05, 3.63) is 47.7 Å². The van der Waals surface area contributed by atoms with Crippen LogP contribution >= 0.6 is 11.3 Å². The molecule has 3 aromatic rings. The summed E-state index contributed by atoms with van der Waals surface area (Å²) in [4.78, 5) is 20.3. The molecule has 0 aliphatic heterocycles. The molecule has 0 radical (unpaired) electrons. The predicted molar refractivity (Wildman–Crippen MR) is 79.6 cm³/mol. The van der Waals surface area contributed by atoms with Crippen molar-refractivity contribution in [2.45, 2.75) is 0 Å². The zero-order valence-electron chi connectivity index (χ0n) is 10.3. The van der Waals surface area contributed by atoms with Gasteiger partial charge in [-0.15, -0.1) is 11.3 Å². The number of pyridine rings is 1. The largest absolute Gasteiger partial charge is 0.323 e. The van der Waals surface area contributed by atoms with Crippen LogP contribution < -0.4 is 16.6 Å². The molecular formula is C13H11N5OS. The van der Waals surface area contributed by atoms with Crippen molar-refractivity contribution in [1.29, 1.82) is 0 Å². The highest BCUT2D eigenvalue weighted by Crippen LogP contribution is 2.22. The Kier molecular flexibility index (Phi) is 3.28. The highest BCUT2D eigenvalue weighted by Gasteiger charge is 2.08. The van der Waals surface area contributed by atoms with E-state index < -0.39 is 0 Å². The molecule has 0 spiro atoms. The Balaban J connectivity index is 1.80. The maximum atomic E-state index is 12.1. The average Bonchev–Trinajstić information content (AvgIpc) is 2.95. The number of hydrogen-bond acceptors (Lipinski definition) is 6. The highest BCUT2D eigenvalue weighted by molar-refractivity contribution is 7.16. The van der Waals surface area contributed by atoms with Crippen molar-refractivity contribution in [2.75, 3.05) is 10.7 Å². The molecule has 0 bridgehead atoms. The van der Waals surface area contributed by atoms with E-state index in [4.69, 9.17) is 5.84 Å². The molecule has 0 fully saturated rings. The number of hydrazine groups is 1. The van der Waals surface area contributed by atoms with Gasteiger partial charge in [0.25, 0.3) is 5.91 Å². The second-order valence-electron chi connectivity index (χ2n) is 4.07. The van der Waals surface area contributed by atoms with E-state index >= 15 is 0 Å². The molecule has 20 heavy (non-hydrogen) atoms. The number of anilines is 2. The van der Waals surface area contributed by atoms with E-state index in [0.717, 1.165) is 15.9 Å². The van der Waals surface area contributed by atoms with E-state index in [1.165, 1.54) is 17.5 Å². The van der Waals surface area contributed by atoms with Gasteiger partial charge < -0.3 is 10.7 Å². The number of thiazole rings is 1. The molecule has 4 N–H and O–H groups in total. The number of nitrogens with two attached hydrogens (primary N) is 1. The molecule has 0 aliphatic carbocycles. The molecule has 0 unspecified atom stereocenters. The zero-order valence-corrected chi connectivity index (χ0v) is 11.1. The summed E-state index contributed by atoms with van der Waals surface area (Å²) in [6.45, 7) is 0. The monoisotopic (exact) mass is 285 g/mol. The first-order valence-corrected chi connectivity index (χ1v) is 6.71. The molecule has 100 valence electrons. The quantitative estimate of drug-likeness (QED) is 0.507. The Morgan fingerprint density at radius 2 is 2.00 bits per heavy atom. The number of nitrogen functional groups attached to an aromatic ring is 1. The fourth-order valence-corrected chi connectivity index (χ4v) is 2.46. The Morgan fingerprint density at radius 1 is 1.15 bits per heavy atom. The van der Waals surface area contributed by atoms with Crippen LogP contribution in [0.2, 0.25) is 0 Å². The zero-order chi connectivity index (χ0) is 13.9. The standard InChI is InChI=1S/C13H11N5OS/c14-18-9-2-4-11(15-6-9)13(19)17-8-1-3-10-12(5-8)20-7-16-10/h1-7,18H,14H2,(H,17,19). The minimum Gasteiger partial charge on any atom is -0.323 e. The third kappa shape index (κ3) is 2.44. The van der Waals surface area contributed by atoms with Crippen molar-refractivity contribution in [3.8, 4) is 0 Å². The molecule has 2 heterocycles. The van der Waals surface area contributed by atoms with E-state index in [-0.39, 0.29) is 5.91 Å². The maximum absolute atomic E-state index is 12.1. The molecular weight excluding hydrogens is 274 g/mol. The van der Waals surface area contributed by atoms with Crippen LogP contribution in [0.1, 0.15) is 10.5 Å². The number of fused-ring (bicyclic) bond motifs is 1. The van der Waals surface area contributed by atoms with Crippen LogP contribution in [0.15, 0.2) is 42.0 Å². The van der Waals surface area contributed by atoms with Crippen molar-refractivity contribution >= 4 is 38.8 Å². The topological polar surface area (TPSA) is 92.9 Å². The van der Waals surface area contributed by atoms with Crippen molar-refractivity contribution in [1.82, 2.24) is 9.97 Å². The van der Waals surface area contributed by atoms with Gasteiger partial charge in [0.2, 0.25) is 0 Å². The van der Waals surface area contributed by atoms with E-state index in [0.29, 0.717) is 11.4 Å². The third-order valence-electron chi connectivity index (χ3n) is 2.75. The summed E-state index contributed by atoms with van der Waals surface area (Å²) in [6, 6.07) is 8.87. The van der Waals surface area contributed by atoms with Gasteiger partial charge in [-0.3, -0.25) is 10.6 Å². The van der Waals surface area contributed by atoms with E-state index in [2.05, 4.69) is 20.7 Å². The van der Waals surface area contributed by atoms with Crippen molar-refractivity contribution < 1.29 is 4.79 Å². The van der Waals surface area contributed by atoms with Gasteiger partial charge in [-0.1, -0.05) is 0 Å². The van der Waals surface area contributed by atoms with Crippen LogP contribution in [-0.2, 0) is 0 Å². The second kappa shape index (κ2) is 5.24. The molecule has 7 heteroatoms. The number of nitrogens with one attached hydrogen (secondary N) is 2. The molecule has 3 rings (SSSR count). The van der Waals surface area contributed by atoms with Gasteiger partial charge in [-0.25, -0.2) is 9.97 Å². The van der Waals surface area contributed by atoms with Crippen molar-refractivity contribution in [2.24, 2.45) is 5.84 Å². The summed E-state index contributed by atoms with van der Waals surface area (Å²) in [7, 11) is 0. The third-order valence-corrected chi connectivity index (χ3v) is 3.54.